The molecule has 0 radical (unpaired) electrons. The van der Waals surface area contributed by atoms with Crippen molar-refractivity contribution in [1.82, 2.24) is 10.2 Å². The van der Waals surface area contributed by atoms with Crippen LogP contribution >= 0.6 is 11.3 Å². The number of aliphatic hydroxyl groups excluding tert-OH is 1. The second kappa shape index (κ2) is 10.4. The number of hydrogen-bond donors (Lipinski definition) is 3. The minimum absolute atomic E-state index is 0.0228. The Bertz CT molecular complexity index is 661. The molecule has 1 aliphatic carbocycles. The summed E-state index contributed by atoms with van der Waals surface area (Å²) < 4.78 is 0. The third-order valence-electron chi connectivity index (χ3n) is 5.04. The fraction of sp³-hybridized carbons (Fsp3) is 0.632. The van der Waals surface area contributed by atoms with Crippen molar-refractivity contribution in [3.05, 3.63) is 21.4 Å². The number of likely N-dealkylation sites (tertiary alicyclic amines) is 1. The largest absolute Gasteiger partial charge is 0.483 e. The van der Waals surface area contributed by atoms with Gasteiger partial charge in [0.25, 0.3) is 12.4 Å². The molecule has 1 fully saturated rings. The van der Waals surface area contributed by atoms with Crippen LogP contribution in [0.25, 0.3) is 0 Å². The van der Waals surface area contributed by atoms with Crippen LogP contribution < -0.4 is 5.32 Å². The molecule has 3 rings (SSSR count). The molecular weight excluding hydrogens is 368 g/mol. The summed E-state index contributed by atoms with van der Waals surface area (Å²) in [5, 5.41) is 21.9. The Morgan fingerprint density at radius 3 is 2.78 bits per heavy atom. The summed E-state index contributed by atoms with van der Waals surface area (Å²) >= 11 is 1.69. The summed E-state index contributed by atoms with van der Waals surface area (Å²) in [7, 11) is 0. The number of fused-ring (bicyclic) bond motifs is 1. The molecule has 2 amide bonds. The van der Waals surface area contributed by atoms with Crippen molar-refractivity contribution >= 4 is 29.6 Å². The van der Waals surface area contributed by atoms with Gasteiger partial charge in [-0.1, -0.05) is 6.92 Å². The summed E-state index contributed by atoms with van der Waals surface area (Å²) in [4.78, 5) is 36.6. The van der Waals surface area contributed by atoms with Crippen molar-refractivity contribution in [2.24, 2.45) is 5.92 Å². The Kier molecular flexibility index (Phi) is 8.24. The van der Waals surface area contributed by atoms with Crippen LogP contribution in [-0.4, -0.2) is 59.1 Å². The molecule has 150 valence electrons. The van der Waals surface area contributed by atoms with Crippen molar-refractivity contribution < 1.29 is 24.6 Å². The summed E-state index contributed by atoms with van der Waals surface area (Å²) in [5.74, 6) is -0.646. The maximum absolute atomic E-state index is 12.9. The molecule has 3 N–H and O–H groups in total. The zero-order valence-electron chi connectivity index (χ0n) is 15.6. The first-order valence-electron chi connectivity index (χ1n) is 9.45. The Morgan fingerprint density at radius 1 is 1.37 bits per heavy atom. The fourth-order valence-corrected chi connectivity index (χ4v) is 4.72. The molecule has 0 unspecified atom stereocenters. The highest BCUT2D eigenvalue weighted by molar-refractivity contribution is 7.10. The third kappa shape index (κ3) is 5.29. The minimum atomic E-state index is -0.665. The molecule has 2 heterocycles. The molecule has 2 aliphatic rings. The van der Waals surface area contributed by atoms with E-state index in [1.165, 1.54) is 16.9 Å². The molecule has 7 nitrogen and oxygen atoms in total. The molecule has 1 saturated heterocycles. The van der Waals surface area contributed by atoms with Crippen LogP contribution in [0.1, 0.15) is 53.4 Å². The van der Waals surface area contributed by atoms with E-state index in [4.69, 9.17) is 9.90 Å². The Labute approximate surface area is 163 Å². The molecule has 0 aromatic carbocycles. The molecule has 2 atom stereocenters. The van der Waals surface area contributed by atoms with Gasteiger partial charge in [0.05, 0.1) is 17.6 Å². The van der Waals surface area contributed by atoms with Crippen LogP contribution in [0, 0.1) is 5.92 Å². The van der Waals surface area contributed by atoms with E-state index in [0.717, 1.165) is 31.2 Å². The number of nitrogens with zero attached hydrogens (tertiary/aromatic N) is 1. The van der Waals surface area contributed by atoms with E-state index in [-0.39, 0.29) is 18.3 Å². The lowest BCUT2D eigenvalue weighted by molar-refractivity contribution is -0.131. The topological polar surface area (TPSA) is 107 Å². The summed E-state index contributed by atoms with van der Waals surface area (Å²) in [6.45, 7) is 3.17. The molecule has 8 heteroatoms. The van der Waals surface area contributed by atoms with E-state index < -0.39 is 12.0 Å². The monoisotopic (exact) mass is 396 g/mol. The zero-order valence-corrected chi connectivity index (χ0v) is 16.5. The van der Waals surface area contributed by atoms with E-state index in [9.17, 15) is 14.7 Å². The number of aryl methyl sites for hydroxylation is 1. The van der Waals surface area contributed by atoms with Gasteiger partial charge in [-0.2, -0.15) is 0 Å². The number of hydrogen-bond acceptors (Lipinski definition) is 5. The lowest BCUT2D eigenvalue weighted by Crippen LogP contribution is -2.51. The molecule has 0 saturated carbocycles. The van der Waals surface area contributed by atoms with Crippen molar-refractivity contribution in [1.29, 1.82) is 0 Å². The average molecular weight is 397 g/mol. The van der Waals surface area contributed by atoms with Crippen molar-refractivity contribution in [3.63, 3.8) is 0 Å². The summed E-state index contributed by atoms with van der Waals surface area (Å²) in [6, 6.07) is 0. The lowest BCUT2D eigenvalue weighted by atomic mass is 9.92. The first kappa shape index (κ1) is 21.4. The van der Waals surface area contributed by atoms with Gasteiger partial charge in [-0.25, -0.2) is 0 Å². The highest BCUT2D eigenvalue weighted by atomic mass is 32.1. The molecule has 0 spiro atoms. The van der Waals surface area contributed by atoms with Crippen molar-refractivity contribution in [3.8, 4) is 0 Å². The molecule has 1 aromatic rings. The number of amides is 2. The maximum atomic E-state index is 12.9. The van der Waals surface area contributed by atoms with E-state index in [2.05, 4.69) is 5.32 Å². The predicted octanol–water partition coefficient (Wildman–Crippen LogP) is 1.68. The quantitative estimate of drug-likeness (QED) is 0.671. The molecule has 1 aromatic heterocycles. The number of thiophene rings is 1. The average Bonchev–Trinajstić information content (AvgIpc) is 3.10. The predicted molar refractivity (Wildman–Crippen MR) is 103 cm³/mol. The van der Waals surface area contributed by atoms with Gasteiger partial charge >= 0.3 is 0 Å². The van der Waals surface area contributed by atoms with Gasteiger partial charge in [-0.05, 0) is 44.1 Å². The van der Waals surface area contributed by atoms with Crippen LogP contribution in [-0.2, 0) is 22.4 Å². The van der Waals surface area contributed by atoms with Gasteiger partial charge in [0.2, 0.25) is 5.91 Å². The highest BCUT2D eigenvalue weighted by Gasteiger charge is 2.36. The molecule has 1 aliphatic heterocycles. The molecule has 27 heavy (non-hydrogen) atoms. The van der Waals surface area contributed by atoms with Gasteiger partial charge in [0.1, 0.15) is 0 Å². The smallest absolute Gasteiger partial charge is 0.290 e. The number of carbonyl (C=O) groups is 3. The van der Waals surface area contributed by atoms with E-state index in [0.29, 0.717) is 26.1 Å². The van der Waals surface area contributed by atoms with Crippen molar-refractivity contribution in [2.75, 3.05) is 19.6 Å². The van der Waals surface area contributed by atoms with Crippen LogP contribution in [0.15, 0.2) is 5.38 Å². The Morgan fingerprint density at radius 2 is 2.07 bits per heavy atom. The molecular formula is C19H28N2O5S. The lowest BCUT2D eigenvalue weighted by Gasteiger charge is -2.35. The Balaban J connectivity index is 0.000000817. The number of rotatable bonds is 4. The molecule has 0 bridgehead atoms. The van der Waals surface area contributed by atoms with Crippen molar-refractivity contribution in [2.45, 2.75) is 51.6 Å². The number of nitrogens with one attached hydrogen (secondary N) is 1. The number of carbonyl (C=O) groups excluding carboxylic acids is 2. The first-order valence-corrected chi connectivity index (χ1v) is 10.3. The standard InChI is InChI=1S/C18H26N2O3S.CH2O2/c1-2-8-19-17(22)13-10-20(9-7-15(13)21)18(23)14-11-24-16-6-4-3-5-12(14)16;2-1-3/h11,13,15,21H,2-10H2,1H3,(H,19,22);1H,(H,2,3)/t13-,15+;/m0./s1. The van der Waals surface area contributed by atoms with Crippen LogP contribution in [0.2, 0.25) is 0 Å². The number of carboxylic acid groups (broad SMARTS) is 1. The zero-order chi connectivity index (χ0) is 19.8. The minimum Gasteiger partial charge on any atom is -0.483 e. The second-order valence-corrected chi connectivity index (χ2v) is 7.83. The highest BCUT2D eigenvalue weighted by Crippen LogP contribution is 2.31. The summed E-state index contributed by atoms with van der Waals surface area (Å²) in [6.07, 6.45) is 5.06. The summed E-state index contributed by atoms with van der Waals surface area (Å²) in [5.41, 5.74) is 2.04. The van der Waals surface area contributed by atoms with E-state index in [1.54, 1.807) is 16.2 Å². The van der Waals surface area contributed by atoms with E-state index in [1.807, 2.05) is 12.3 Å². The van der Waals surface area contributed by atoms with Gasteiger partial charge in [-0.3, -0.25) is 14.4 Å². The number of piperidine rings is 1. The van der Waals surface area contributed by atoms with Gasteiger partial charge in [-0.15, -0.1) is 11.3 Å². The van der Waals surface area contributed by atoms with Gasteiger partial charge in [0.15, 0.2) is 0 Å². The fourth-order valence-electron chi connectivity index (χ4n) is 3.60. The maximum Gasteiger partial charge on any atom is 0.290 e. The third-order valence-corrected chi connectivity index (χ3v) is 6.13. The van der Waals surface area contributed by atoms with Crippen LogP contribution in [0.4, 0.5) is 0 Å². The first-order chi connectivity index (χ1) is 13.0. The normalized spacial score (nSPS) is 21.5. The van der Waals surface area contributed by atoms with Crippen LogP contribution in [0.5, 0.6) is 0 Å². The second-order valence-electron chi connectivity index (χ2n) is 6.87. The Hall–Kier alpha value is -1.93. The van der Waals surface area contributed by atoms with E-state index >= 15 is 0 Å². The van der Waals surface area contributed by atoms with Gasteiger partial charge in [0, 0.05) is 29.9 Å². The van der Waals surface area contributed by atoms with Gasteiger partial charge < -0.3 is 20.4 Å². The van der Waals surface area contributed by atoms with Crippen LogP contribution in [0.3, 0.4) is 0 Å². The number of aliphatic hydroxyl groups is 1. The SMILES string of the molecule is CCCNC(=O)[C@H]1CN(C(=O)c2csc3c2CCCC3)CC[C@H]1O.O=CO.